The molecule has 1 spiro atoms. The van der Waals surface area contributed by atoms with E-state index in [0.717, 1.165) is 12.8 Å². The highest BCUT2D eigenvalue weighted by molar-refractivity contribution is 8.02. The van der Waals surface area contributed by atoms with E-state index in [2.05, 4.69) is 13.2 Å². The van der Waals surface area contributed by atoms with Crippen LogP contribution in [0.15, 0.2) is 49.6 Å². The number of thioether (sulfide) groups is 1. The summed E-state index contributed by atoms with van der Waals surface area (Å²) in [6.07, 6.45) is 6.64. The predicted octanol–water partition coefficient (Wildman–Crippen LogP) is 3.84. The Labute approximate surface area is 221 Å². The molecule has 194 valence electrons. The number of anilines is 1. The largest absolute Gasteiger partial charge is 0.465 e. The van der Waals surface area contributed by atoms with E-state index < -0.39 is 22.6 Å². The molecule has 3 fully saturated rings. The number of allylic oxidation sites excluding steroid dienone is 1. The Bertz CT molecular complexity index is 1020. The topological polar surface area (TPSA) is 87.1 Å². The van der Waals surface area contributed by atoms with Crippen LogP contribution in [-0.2, 0) is 19.1 Å². The highest BCUT2D eigenvalue weighted by Gasteiger charge is 2.74. The summed E-state index contributed by atoms with van der Waals surface area (Å²) in [5.41, 5.74) is 0.662. The van der Waals surface area contributed by atoms with Crippen LogP contribution in [0.4, 0.5) is 5.69 Å². The van der Waals surface area contributed by atoms with Gasteiger partial charge in [0.05, 0.1) is 23.2 Å². The van der Waals surface area contributed by atoms with Gasteiger partial charge in [-0.1, -0.05) is 23.8 Å². The Morgan fingerprint density at radius 3 is 2.67 bits per heavy atom. The first-order valence-electron chi connectivity index (χ1n) is 12.4. The van der Waals surface area contributed by atoms with Crippen molar-refractivity contribution >= 4 is 46.8 Å². The second kappa shape index (κ2) is 11.4. The van der Waals surface area contributed by atoms with E-state index in [0.29, 0.717) is 30.0 Å². The number of amides is 2. The van der Waals surface area contributed by atoms with Gasteiger partial charge in [0.25, 0.3) is 5.91 Å². The van der Waals surface area contributed by atoms with Crippen molar-refractivity contribution < 1.29 is 24.2 Å². The fourth-order valence-corrected chi connectivity index (χ4v) is 8.23. The molecule has 3 saturated heterocycles. The monoisotopic (exact) mass is 532 g/mol. The Morgan fingerprint density at radius 2 is 2.00 bits per heavy atom. The lowest BCUT2D eigenvalue weighted by Gasteiger charge is -2.37. The zero-order valence-electron chi connectivity index (χ0n) is 20.3. The summed E-state index contributed by atoms with van der Waals surface area (Å²) in [6, 6.07) is 6.25. The number of nitrogens with zero attached hydrogens (tertiary/aromatic N) is 2. The van der Waals surface area contributed by atoms with Crippen LogP contribution in [0, 0.1) is 11.8 Å². The second-order valence-electron chi connectivity index (χ2n) is 9.48. The van der Waals surface area contributed by atoms with E-state index in [1.165, 1.54) is 0 Å². The number of hydrogen-bond donors (Lipinski definition) is 1. The molecular weight excluding hydrogens is 500 g/mol. The van der Waals surface area contributed by atoms with Crippen molar-refractivity contribution in [2.45, 2.75) is 48.1 Å². The maximum absolute atomic E-state index is 14.2. The predicted molar refractivity (Wildman–Crippen MR) is 142 cm³/mol. The molecule has 5 atom stereocenters. The third kappa shape index (κ3) is 4.71. The molecule has 0 aliphatic carbocycles. The molecule has 7 nitrogen and oxygen atoms in total. The number of unbranched alkanes of at least 4 members (excludes halogenated alkanes) is 1. The Kier molecular flexibility index (Phi) is 8.48. The molecular formula is C27H33ClN2O5S. The number of aliphatic hydroxyl groups is 1. The van der Waals surface area contributed by atoms with Crippen LogP contribution < -0.4 is 4.90 Å². The minimum Gasteiger partial charge on any atom is -0.465 e. The molecule has 4 rings (SSSR count). The maximum Gasteiger partial charge on any atom is 0.310 e. The molecule has 3 heterocycles. The quantitative estimate of drug-likeness (QED) is 0.250. The SMILES string of the molecule is C=CCCCOC(=O)[C@@H]1[C@H]2C(=O)N(CCCO)C(C(=O)N(CC=C)c3ccc(Cl)cc3)C23CC[C@H]1S3. The summed E-state index contributed by atoms with van der Waals surface area (Å²) in [5, 5.41) is 10.0. The number of halogens is 1. The van der Waals surface area contributed by atoms with E-state index in [1.807, 2.05) is 0 Å². The molecule has 1 N–H and O–H groups in total. The van der Waals surface area contributed by atoms with Gasteiger partial charge in [-0.2, -0.15) is 0 Å². The van der Waals surface area contributed by atoms with Crippen molar-refractivity contribution in [1.82, 2.24) is 4.90 Å². The smallest absolute Gasteiger partial charge is 0.310 e. The number of aliphatic hydroxyl groups excluding tert-OH is 1. The number of hydrogen-bond acceptors (Lipinski definition) is 6. The molecule has 1 aromatic rings. The molecule has 3 aliphatic rings. The molecule has 1 aromatic carbocycles. The second-order valence-corrected chi connectivity index (χ2v) is 11.5. The number of fused-ring (bicyclic) bond motifs is 1. The van der Waals surface area contributed by atoms with Gasteiger partial charge in [0.2, 0.25) is 5.91 Å². The zero-order chi connectivity index (χ0) is 25.9. The summed E-state index contributed by atoms with van der Waals surface area (Å²) in [7, 11) is 0. The molecule has 0 radical (unpaired) electrons. The van der Waals surface area contributed by atoms with Crippen LogP contribution in [0.5, 0.6) is 0 Å². The minimum absolute atomic E-state index is 0.0514. The van der Waals surface area contributed by atoms with Crippen molar-refractivity contribution in [3.63, 3.8) is 0 Å². The van der Waals surface area contributed by atoms with Crippen LogP contribution in [0.25, 0.3) is 0 Å². The Balaban J connectivity index is 1.67. The van der Waals surface area contributed by atoms with Crippen LogP contribution >= 0.6 is 23.4 Å². The zero-order valence-corrected chi connectivity index (χ0v) is 21.9. The lowest BCUT2D eigenvalue weighted by Crippen LogP contribution is -2.55. The molecule has 3 aliphatic heterocycles. The van der Waals surface area contributed by atoms with E-state index in [1.54, 1.807) is 58.0 Å². The van der Waals surface area contributed by atoms with Crippen molar-refractivity contribution in [2.24, 2.45) is 11.8 Å². The number of carbonyl (C=O) groups is 3. The van der Waals surface area contributed by atoms with Gasteiger partial charge in [0.1, 0.15) is 6.04 Å². The van der Waals surface area contributed by atoms with Crippen LogP contribution in [0.1, 0.15) is 32.1 Å². The molecule has 2 unspecified atom stereocenters. The van der Waals surface area contributed by atoms with E-state index in [9.17, 15) is 19.5 Å². The standard InChI is InChI=1S/C27H33ClN2O5S/c1-3-5-6-17-35-26(34)21-20-12-13-27(36-20)22(21)24(32)30(15-7-16-31)23(27)25(33)29(14-4-2)19-10-8-18(28)9-11-19/h3-4,8-11,20-23,31H,1-2,5-7,12-17H2/t20-,21+,22+,23?,27?/m1/s1. The number of ether oxygens (including phenoxy) is 1. The Hall–Kier alpha value is -2.29. The third-order valence-electron chi connectivity index (χ3n) is 7.38. The number of likely N-dealkylation sites (tertiary alicyclic amines) is 1. The minimum atomic E-state index is -0.745. The number of esters is 1. The summed E-state index contributed by atoms with van der Waals surface area (Å²) in [5.74, 6) is -1.94. The van der Waals surface area contributed by atoms with Gasteiger partial charge in [0.15, 0.2) is 0 Å². The molecule has 2 amide bonds. The van der Waals surface area contributed by atoms with Crippen LogP contribution in [0.2, 0.25) is 5.02 Å². The van der Waals surface area contributed by atoms with Gasteiger partial charge in [0, 0.05) is 35.7 Å². The van der Waals surface area contributed by atoms with E-state index in [-0.39, 0.29) is 49.3 Å². The van der Waals surface area contributed by atoms with Gasteiger partial charge in [-0.15, -0.1) is 24.9 Å². The molecule has 2 bridgehead atoms. The van der Waals surface area contributed by atoms with Gasteiger partial charge < -0.3 is 19.6 Å². The average molecular weight is 533 g/mol. The first kappa shape index (κ1) is 26.8. The highest BCUT2D eigenvalue weighted by Crippen LogP contribution is 2.66. The normalized spacial score (nSPS) is 28.2. The summed E-state index contributed by atoms with van der Waals surface area (Å²) < 4.78 is 4.88. The Morgan fingerprint density at radius 1 is 1.25 bits per heavy atom. The van der Waals surface area contributed by atoms with Crippen LogP contribution in [0.3, 0.4) is 0 Å². The molecule has 0 aromatic heterocycles. The number of rotatable bonds is 12. The molecule has 36 heavy (non-hydrogen) atoms. The van der Waals surface area contributed by atoms with Crippen molar-refractivity contribution in [1.29, 1.82) is 0 Å². The average Bonchev–Trinajstić information content (AvgIpc) is 3.51. The first-order chi connectivity index (χ1) is 17.4. The lowest BCUT2D eigenvalue weighted by atomic mass is 9.71. The fourth-order valence-electron chi connectivity index (χ4n) is 5.90. The molecule has 9 heteroatoms. The number of carbonyl (C=O) groups excluding carboxylic acids is 3. The van der Waals surface area contributed by atoms with E-state index >= 15 is 0 Å². The van der Waals surface area contributed by atoms with Crippen LogP contribution in [-0.4, -0.2) is 70.1 Å². The van der Waals surface area contributed by atoms with E-state index in [4.69, 9.17) is 16.3 Å². The maximum atomic E-state index is 14.2. The summed E-state index contributed by atoms with van der Waals surface area (Å²) in [6.45, 7) is 8.21. The highest BCUT2D eigenvalue weighted by atomic mass is 35.5. The van der Waals surface area contributed by atoms with Gasteiger partial charge in [-0.3, -0.25) is 14.4 Å². The third-order valence-corrected chi connectivity index (χ3v) is 9.58. The number of benzene rings is 1. The summed E-state index contributed by atoms with van der Waals surface area (Å²) in [4.78, 5) is 44.5. The molecule has 0 saturated carbocycles. The van der Waals surface area contributed by atoms with Gasteiger partial charge in [-0.25, -0.2) is 0 Å². The van der Waals surface area contributed by atoms with Gasteiger partial charge in [-0.05, 0) is 56.4 Å². The summed E-state index contributed by atoms with van der Waals surface area (Å²) >= 11 is 7.67. The van der Waals surface area contributed by atoms with Gasteiger partial charge >= 0.3 is 5.97 Å². The first-order valence-corrected chi connectivity index (χ1v) is 13.7. The fraction of sp³-hybridized carbons (Fsp3) is 0.519. The van der Waals surface area contributed by atoms with Crippen molar-refractivity contribution in [3.8, 4) is 0 Å². The van der Waals surface area contributed by atoms with Crippen molar-refractivity contribution in [3.05, 3.63) is 54.6 Å². The lowest BCUT2D eigenvalue weighted by molar-refractivity contribution is -0.154. The van der Waals surface area contributed by atoms with Crippen molar-refractivity contribution in [2.75, 3.05) is 31.2 Å².